The summed E-state index contributed by atoms with van der Waals surface area (Å²) in [5, 5.41) is 0.632. The Balaban J connectivity index is 2.00. The van der Waals surface area contributed by atoms with Crippen molar-refractivity contribution < 1.29 is 4.42 Å². The second-order valence-electron chi connectivity index (χ2n) is 4.67. The van der Waals surface area contributed by atoms with E-state index in [1.807, 2.05) is 28.8 Å². The van der Waals surface area contributed by atoms with Crippen LogP contribution in [0.15, 0.2) is 53.4 Å². The zero-order valence-electron chi connectivity index (χ0n) is 11.3. The third kappa shape index (κ3) is 2.01. The predicted octanol–water partition coefficient (Wildman–Crippen LogP) is 3.31. The van der Waals surface area contributed by atoms with Crippen molar-refractivity contribution in [2.24, 2.45) is 0 Å². The van der Waals surface area contributed by atoms with Crippen LogP contribution in [0.1, 0.15) is 0 Å². The molecule has 3 heterocycles. The minimum atomic E-state index is 0.155. The second-order valence-corrected chi connectivity index (χ2v) is 5.11. The second kappa shape index (κ2) is 4.85. The number of hydrogen-bond acceptors (Lipinski definition) is 5. The molecule has 0 bridgehead atoms. The van der Waals surface area contributed by atoms with E-state index in [2.05, 4.69) is 15.0 Å². The van der Waals surface area contributed by atoms with Gasteiger partial charge in [-0.1, -0.05) is 17.7 Å². The quantitative estimate of drug-likeness (QED) is 0.614. The fourth-order valence-corrected chi connectivity index (χ4v) is 2.50. The smallest absolute Gasteiger partial charge is 0.222 e. The van der Waals surface area contributed by atoms with E-state index in [9.17, 15) is 0 Å². The summed E-state index contributed by atoms with van der Waals surface area (Å²) in [6.07, 6.45) is 3.24. The number of imidazole rings is 1. The van der Waals surface area contributed by atoms with E-state index in [0.717, 1.165) is 5.69 Å². The molecule has 22 heavy (non-hydrogen) atoms. The molecule has 0 saturated heterocycles. The molecule has 4 rings (SSSR count). The summed E-state index contributed by atoms with van der Waals surface area (Å²) in [5.41, 5.74) is 8.46. The Hall–Kier alpha value is -2.86. The zero-order chi connectivity index (χ0) is 15.1. The molecule has 6 nitrogen and oxygen atoms in total. The van der Waals surface area contributed by atoms with Crippen LogP contribution in [0.2, 0.25) is 5.02 Å². The first-order valence-electron chi connectivity index (χ1n) is 6.53. The van der Waals surface area contributed by atoms with Crippen molar-refractivity contribution in [2.75, 3.05) is 5.73 Å². The van der Waals surface area contributed by atoms with Crippen LogP contribution in [-0.4, -0.2) is 19.5 Å². The van der Waals surface area contributed by atoms with Crippen molar-refractivity contribution in [1.82, 2.24) is 19.5 Å². The summed E-state index contributed by atoms with van der Waals surface area (Å²) in [6, 6.07) is 11.0. The normalized spacial score (nSPS) is 11.1. The number of hydrogen-bond donors (Lipinski definition) is 1. The lowest BCUT2D eigenvalue weighted by atomic mass is 10.3. The maximum Gasteiger partial charge on any atom is 0.222 e. The molecule has 2 N–H and O–H groups in total. The Morgan fingerprint density at radius 1 is 1.14 bits per heavy atom. The molecule has 0 radical (unpaired) electrons. The molecule has 3 aromatic heterocycles. The van der Waals surface area contributed by atoms with Crippen LogP contribution in [0.25, 0.3) is 28.3 Å². The Morgan fingerprint density at radius 2 is 2.05 bits per heavy atom. The maximum absolute atomic E-state index is 6.05. The largest absolute Gasteiger partial charge is 0.463 e. The average Bonchev–Trinajstić information content (AvgIpc) is 3.16. The van der Waals surface area contributed by atoms with Gasteiger partial charge < -0.3 is 10.2 Å². The van der Waals surface area contributed by atoms with E-state index in [0.29, 0.717) is 27.6 Å². The molecule has 108 valence electrons. The topological polar surface area (TPSA) is 82.8 Å². The van der Waals surface area contributed by atoms with Gasteiger partial charge in [0.15, 0.2) is 11.4 Å². The van der Waals surface area contributed by atoms with Gasteiger partial charge in [0.25, 0.3) is 0 Å². The van der Waals surface area contributed by atoms with Gasteiger partial charge in [-0.25, -0.2) is 9.97 Å². The highest BCUT2D eigenvalue weighted by Gasteiger charge is 2.16. The Labute approximate surface area is 130 Å². The summed E-state index contributed by atoms with van der Waals surface area (Å²) in [6.45, 7) is 0. The fourth-order valence-electron chi connectivity index (χ4n) is 2.32. The van der Waals surface area contributed by atoms with Crippen molar-refractivity contribution in [1.29, 1.82) is 0 Å². The maximum atomic E-state index is 6.05. The number of aromatic nitrogens is 4. The molecule has 4 aromatic rings. The van der Waals surface area contributed by atoms with Gasteiger partial charge in [0, 0.05) is 5.02 Å². The third-order valence-corrected chi connectivity index (χ3v) is 3.49. The lowest BCUT2D eigenvalue weighted by Gasteiger charge is -2.05. The van der Waals surface area contributed by atoms with Gasteiger partial charge in [-0.3, -0.25) is 4.57 Å². The molecule has 0 aliphatic rings. The molecule has 0 spiro atoms. The van der Waals surface area contributed by atoms with Gasteiger partial charge in [0.05, 0.1) is 12.0 Å². The van der Waals surface area contributed by atoms with E-state index in [4.69, 9.17) is 21.8 Å². The molecule has 0 amide bonds. The first-order valence-corrected chi connectivity index (χ1v) is 6.90. The number of nitrogen functional groups attached to an aromatic ring is 1. The summed E-state index contributed by atoms with van der Waals surface area (Å²) in [5.74, 6) is 0.748. The molecular formula is C15H10ClN5O. The van der Waals surface area contributed by atoms with Crippen LogP contribution in [0.3, 0.4) is 0 Å². The van der Waals surface area contributed by atoms with Crippen molar-refractivity contribution in [2.45, 2.75) is 0 Å². The monoisotopic (exact) mass is 311 g/mol. The van der Waals surface area contributed by atoms with E-state index in [1.165, 1.54) is 0 Å². The molecule has 0 aliphatic heterocycles. The first-order chi connectivity index (χ1) is 10.7. The number of furan rings is 1. The lowest BCUT2D eigenvalue weighted by molar-refractivity contribution is 0.580. The SMILES string of the molecule is Nc1nc(-c2ccco2)c2ncn(-c3cccc(Cl)c3)c2n1. The Bertz CT molecular complexity index is 961. The van der Waals surface area contributed by atoms with Crippen LogP contribution in [0.4, 0.5) is 5.95 Å². The highest BCUT2D eigenvalue weighted by Crippen LogP contribution is 2.28. The van der Waals surface area contributed by atoms with Crippen LogP contribution in [0, 0.1) is 0 Å². The van der Waals surface area contributed by atoms with E-state index >= 15 is 0 Å². The summed E-state index contributed by atoms with van der Waals surface area (Å²) in [4.78, 5) is 12.9. The standard InChI is InChI=1S/C15H10ClN5O/c16-9-3-1-4-10(7-9)21-8-18-13-12(11-5-2-6-22-11)19-15(17)20-14(13)21/h1-8H,(H2,17,19,20). The molecule has 1 aromatic carbocycles. The number of halogens is 1. The van der Waals surface area contributed by atoms with Gasteiger partial charge in [-0.2, -0.15) is 4.98 Å². The van der Waals surface area contributed by atoms with Crippen LogP contribution in [0.5, 0.6) is 0 Å². The zero-order valence-corrected chi connectivity index (χ0v) is 12.0. The molecule has 0 fully saturated rings. The molecule has 7 heteroatoms. The average molecular weight is 312 g/mol. The van der Waals surface area contributed by atoms with Crippen molar-refractivity contribution >= 4 is 28.7 Å². The minimum absolute atomic E-state index is 0.155. The minimum Gasteiger partial charge on any atom is -0.463 e. The summed E-state index contributed by atoms with van der Waals surface area (Å²) in [7, 11) is 0. The van der Waals surface area contributed by atoms with E-state index in [-0.39, 0.29) is 5.95 Å². The number of fused-ring (bicyclic) bond motifs is 1. The molecule has 0 unspecified atom stereocenters. The number of benzene rings is 1. The number of nitrogens with two attached hydrogens (primary N) is 1. The molecule has 0 aliphatic carbocycles. The predicted molar refractivity (Wildman–Crippen MR) is 83.8 cm³/mol. The molecule has 0 saturated carbocycles. The number of rotatable bonds is 2. The fraction of sp³-hybridized carbons (Fsp3) is 0. The number of nitrogens with zero attached hydrogens (tertiary/aromatic N) is 4. The van der Waals surface area contributed by atoms with Crippen LogP contribution >= 0.6 is 11.6 Å². The van der Waals surface area contributed by atoms with Gasteiger partial charge in [-0.05, 0) is 30.3 Å². The van der Waals surface area contributed by atoms with Crippen molar-refractivity contribution in [3.63, 3.8) is 0 Å². The summed E-state index contributed by atoms with van der Waals surface area (Å²) >= 11 is 6.05. The van der Waals surface area contributed by atoms with E-state index < -0.39 is 0 Å². The van der Waals surface area contributed by atoms with Gasteiger partial charge in [-0.15, -0.1) is 0 Å². The Kier molecular flexibility index (Phi) is 2.83. The van der Waals surface area contributed by atoms with Gasteiger partial charge >= 0.3 is 0 Å². The van der Waals surface area contributed by atoms with Gasteiger partial charge in [0.1, 0.15) is 17.5 Å². The number of anilines is 1. The van der Waals surface area contributed by atoms with Crippen molar-refractivity contribution in [3.8, 4) is 17.1 Å². The third-order valence-electron chi connectivity index (χ3n) is 3.25. The lowest BCUT2D eigenvalue weighted by Crippen LogP contribution is -2.00. The van der Waals surface area contributed by atoms with E-state index in [1.54, 1.807) is 24.7 Å². The highest BCUT2D eigenvalue weighted by molar-refractivity contribution is 6.30. The van der Waals surface area contributed by atoms with Gasteiger partial charge in [0.2, 0.25) is 5.95 Å². The Morgan fingerprint density at radius 3 is 2.82 bits per heavy atom. The van der Waals surface area contributed by atoms with Crippen LogP contribution < -0.4 is 5.73 Å². The molecular weight excluding hydrogens is 302 g/mol. The van der Waals surface area contributed by atoms with Crippen LogP contribution in [-0.2, 0) is 0 Å². The molecule has 0 atom stereocenters. The first kappa shape index (κ1) is 12.8. The highest BCUT2D eigenvalue weighted by atomic mass is 35.5. The summed E-state index contributed by atoms with van der Waals surface area (Å²) < 4.78 is 7.21. The van der Waals surface area contributed by atoms with Crippen molar-refractivity contribution in [3.05, 3.63) is 54.0 Å².